The Hall–Kier alpha value is -0.950. The molecule has 1 aliphatic rings. The standard InChI is InChI=1S/C12H9BrClF3O3/c1-11(10(18)19)4-5-2-6(13)3-7(14)8(5)20-9(11)12(15,16)17/h2-3,9H,4H2,1H3,(H,18,19). The number of rotatable bonds is 1. The van der Waals surface area contributed by atoms with Crippen molar-refractivity contribution in [2.45, 2.75) is 25.6 Å². The first-order chi connectivity index (χ1) is 9.05. The highest BCUT2D eigenvalue weighted by molar-refractivity contribution is 9.10. The van der Waals surface area contributed by atoms with E-state index in [9.17, 15) is 23.1 Å². The van der Waals surface area contributed by atoms with Crippen LogP contribution in [0, 0.1) is 5.41 Å². The first-order valence-electron chi connectivity index (χ1n) is 5.50. The zero-order valence-corrected chi connectivity index (χ0v) is 12.4. The molecule has 1 heterocycles. The third kappa shape index (κ3) is 2.48. The summed E-state index contributed by atoms with van der Waals surface area (Å²) in [5.74, 6) is -1.68. The van der Waals surface area contributed by atoms with E-state index in [0.29, 0.717) is 10.0 Å². The summed E-state index contributed by atoms with van der Waals surface area (Å²) in [6.07, 6.45) is -7.57. The van der Waals surface area contributed by atoms with E-state index >= 15 is 0 Å². The minimum atomic E-state index is -4.80. The van der Waals surface area contributed by atoms with Gasteiger partial charge in [0.1, 0.15) is 11.2 Å². The zero-order chi connectivity index (χ0) is 15.3. The normalized spacial score (nSPS) is 25.8. The fourth-order valence-corrected chi connectivity index (χ4v) is 3.15. The van der Waals surface area contributed by atoms with Crippen LogP contribution in [-0.4, -0.2) is 23.4 Å². The van der Waals surface area contributed by atoms with E-state index in [1.54, 1.807) is 0 Å². The van der Waals surface area contributed by atoms with Crippen LogP contribution in [-0.2, 0) is 11.2 Å². The molecule has 0 aliphatic carbocycles. The first-order valence-corrected chi connectivity index (χ1v) is 6.67. The SMILES string of the molecule is CC1(C(=O)O)Cc2cc(Br)cc(Cl)c2OC1C(F)(F)F. The smallest absolute Gasteiger partial charge is 0.426 e. The average molecular weight is 374 g/mol. The van der Waals surface area contributed by atoms with Crippen LogP contribution in [0.2, 0.25) is 5.02 Å². The lowest BCUT2D eigenvalue weighted by molar-refractivity contribution is -0.234. The Morgan fingerprint density at radius 2 is 2.15 bits per heavy atom. The second-order valence-corrected chi connectivity index (χ2v) is 6.14. The largest absolute Gasteiger partial charge is 0.481 e. The Labute approximate surface area is 125 Å². The number of hydrogen-bond acceptors (Lipinski definition) is 2. The fraction of sp³-hybridized carbons (Fsp3) is 0.417. The molecule has 2 unspecified atom stereocenters. The molecule has 0 amide bonds. The maximum Gasteiger partial charge on any atom is 0.426 e. The minimum absolute atomic E-state index is 0.0102. The Balaban J connectivity index is 2.59. The van der Waals surface area contributed by atoms with Crippen LogP contribution in [0.4, 0.5) is 13.2 Å². The number of halogens is 5. The molecule has 0 radical (unpaired) electrons. The third-order valence-electron chi connectivity index (χ3n) is 3.24. The van der Waals surface area contributed by atoms with Gasteiger partial charge in [0.05, 0.1) is 5.02 Å². The quantitative estimate of drug-likeness (QED) is 0.807. The van der Waals surface area contributed by atoms with Gasteiger partial charge in [0.25, 0.3) is 0 Å². The molecule has 2 rings (SSSR count). The van der Waals surface area contributed by atoms with E-state index in [2.05, 4.69) is 15.9 Å². The van der Waals surface area contributed by atoms with Gasteiger partial charge in [-0.25, -0.2) is 0 Å². The van der Waals surface area contributed by atoms with Crippen LogP contribution >= 0.6 is 27.5 Å². The molecule has 3 nitrogen and oxygen atoms in total. The number of ether oxygens (including phenoxy) is 1. The van der Waals surface area contributed by atoms with E-state index in [4.69, 9.17) is 16.3 Å². The number of carboxylic acids is 1. The van der Waals surface area contributed by atoms with Gasteiger partial charge in [0.15, 0.2) is 0 Å². The van der Waals surface area contributed by atoms with Crippen molar-refractivity contribution in [2.75, 3.05) is 0 Å². The number of aliphatic carboxylic acids is 1. The van der Waals surface area contributed by atoms with Gasteiger partial charge < -0.3 is 9.84 Å². The van der Waals surface area contributed by atoms with Crippen molar-refractivity contribution >= 4 is 33.5 Å². The second-order valence-electron chi connectivity index (χ2n) is 4.81. The molecule has 0 spiro atoms. The monoisotopic (exact) mass is 372 g/mol. The number of alkyl halides is 3. The first kappa shape index (κ1) is 15.4. The molecule has 0 saturated carbocycles. The molecule has 0 bridgehead atoms. The van der Waals surface area contributed by atoms with Gasteiger partial charge in [-0.05, 0) is 31.0 Å². The number of carbonyl (C=O) groups is 1. The summed E-state index contributed by atoms with van der Waals surface area (Å²) in [5.41, 5.74) is -1.77. The molecule has 2 atom stereocenters. The van der Waals surface area contributed by atoms with E-state index in [-0.39, 0.29) is 17.2 Å². The number of hydrogen-bond donors (Lipinski definition) is 1. The molecule has 1 aromatic rings. The lowest BCUT2D eigenvalue weighted by Crippen LogP contribution is -2.55. The highest BCUT2D eigenvalue weighted by Crippen LogP contribution is 2.48. The molecule has 1 N–H and O–H groups in total. The number of benzene rings is 1. The topological polar surface area (TPSA) is 46.5 Å². The summed E-state index contributed by atoms with van der Waals surface area (Å²) in [7, 11) is 0. The molecular formula is C12H9BrClF3O3. The van der Waals surface area contributed by atoms with Crippen LogP contribution in [0.25, 0.3) is 0 Å². The lowest BCUT2D eigenvalue weighted by atomic mass is 9.76. The fourth-order valence-electron chi connectivity index (χ4n) is 2.23. The highest BCUT2D eigenvalue weighted by atomic mass is 79.9. The molecule has 1 aliphatic heterocycles. The molecule has 0 aromatic heterocycles. The van der Waals surface area contributed by atoms with Crippen molar-refractivity contribution in [3.8, 4) is 5.75 Å². The molecular weight excluding hydrogens is 364 g/mol. The zero-order valence-electron chi connectivity index (χ0n) is 10.1. The van der Waals surface area contributed by atoms with Crippen LogP contribution < -0.4 is 4.74 Å². The molecule has 1 aromatic carbocycles. The summed E-state index contributed by atoms with van der Waals surface area (Å²) in [6, 6.07) is 2.91. The number of carboxylic acid groups (broad SMARTS) is 1. The summed E-state index contributed by atoms with van der Waals surface area (Å²) in [5, 5.41) is 9.18. The van der Waals surface area contributed by atoms with Crippen molar-refractivity contribution in [3.63, 3.8) is 0 Å². The summed E-state index contributed by atoms with van der Waals surface area (Å²) in [6.45, 7) is 1.02. The molecule has 110 valence electrons. The molecule has 0 saturated heterocycles. The third-order valence-corrected chi connectivity index (χ3v) is 3.98. The van der Waals surface area contributed by atoms with Crippen molar-refractivity contribution in [2.24, 2.45) is 5.41 Å². The van der Waals surface area contributed by atoms with Crippen molar-refractivity contribution in [1.82, 2.24) is 0 Å². The van der Waals surface area contributed by atoms with Gasteiger partial charge in [-0.1, -0.05) is 27.5 Å². The molecule has 20 heavy (non-hydrogen) atoms. The highest BCUT2D eigenvalue weighted by Gasteiger charge is 2.59. The van der Waals surface area contributed by atoms with Crippen molar-refractivity contribution in [1.29, 1.82) is 0 Å². The van der Waals surface area contributed by atoms with E-state index in [0.717, 1.165) is 6.92 Å². The summed E-state index contributed by atoms with van der Waals surface area (Å²) in [4.78, 5) is 11.3. The molecule has 8 heteroatoms. The Kier molecular flexibility index (Phi) is 3.71. The Morgan fingerprint density at radius 3 is 2.65 bits per heavy atom. The average Bonchev–Trinajstić information content (AvgIpc) is 2.25. The van der Waals surface area contributed by atoms with Gasteiger partial charge in [0.2, 0.25) is 6.10 Å². The van der Waals surface area contributed by atoms with E-state index < -0.39 is 23.7 Å². The van der Waals surface area contributed by atoms with Crippen LogP contribution in [0.1, 0.15) is 12.5 Å². The van der Waals surface area contributed by atoms with Gasteiger partial charge in [-0.15, -0.1) is 0 Å². The predicted molar refractivity (Wildman–Crippen MR) is 69.1 cm³/mol. The van der Waals surface area contributed by atoms with Crippen LogP contribution in [0.5, 0.6) is 5.75 Å². The Bertz CT molecular complexity index is 576. The Morgan fingerprint density at radius 1 is 1.55 bits per heavy atom. The minimum Gasteiger partial charge on any atom is -0.481 e. The summed E-state index contributed by atoms with van der Waals surface area (Å²) < 4.78 is 44.6. The molecule has 0 fully saturated rings. The van der Waals surface area contributed by atoms with Crippen LogP contribution in [0.3, 0.4) is 0 Å². The summed E-state index contributed by atoms with van der Waals surface area (Å²) >= 11 is 9.03. The van der Waals surface area contributed by atoms with Gasteiger partial charge in [0, 0.05) is 4.47 Å². The van der Waals surface area contributed by atoms with E-state index in [1.807, 2.05) is 0 Å². The second kappa shape index (κ2) is 4.80. The van der Waals surface area contributed by atoms with Crippen molar-refractivity contribution < 1.29 is 27.8 Å². The van der Waals surface area contributed by atoms with Gasteiger partial charge in [-0.3, -0.25) is 4.79 Å². The lowest BCUT2D eigenvalue weighted by Gasteiger charge is -2.40. The van der Waals surface area contributed by atoms with Crippen LogP contribution in [0.15, 0.2) is 16.6 Å². The maximum absolute atomic E-state index is 13.1. The van der Waals surface area contributed by atoms with Crippen molar-refractivity contribution in [3.05, 3.63) is 27.2 Å². The number of fused-ring (bicyclic) bond motifs is 1. The van der Waals surface area contributed by atoms with Gasteiger partial charge in [-0.2, -0.15) is 13.2 Å². The van der Waals surface area contributed by atoms with E-state index in [1.165, 1.54) is 12.1 Å². The van der Waals surface area contributed by atoms with Gasteiger partial charge >= 0.3 is 12.1 Å². The maximum atomic E-state index is 13.1. The predicted octanol–water partition coefficient (Wildman–Crippen LogP) is 4.06.